The van der Waals surface area contributed by atoms with Gasteiger partial charge in [0.1, 0.15) is 5.75 Å². The first-order valence-electron chi connectivity index (χ1n) is 9.57. The van der Waals surface area contributed by atoms with E-state index in [4.69, 9.17) is 19.2 Å². The number of ether oxygens (including phenoxy) is 3. The summed E-state index contributed by atoms with van der Waals surface area (Å²) in [7, 11) is 3.33. The molecule has 0 radical (unpaired) electrons. The maximum Gasteiger partial charge on any atom is 0.161 e. The van der Waals surface area contributed by atoms with E-state index in [9.17, 15) is 0 Å². The molecular formula is C24H21NO3S. The highest BCUT2D eigenvalue weighted by molar-refractivity contribution is 7.99. The number of thioether (sulfide) groups is 1. The van der Waals surface area contributed by atoms with Crippen molar-refractivity contribution < 1.29 is 14.2 Å². The fourth-order valence-corrected chi connectivity index (χ4v) is 5.28. The fraction of sp³-hybridized carbons (Fsp3) is 0.208. The van der Waals surface area contributed by atoms with Crippen molar-refractivity contribution in [3.63, 3.8) is 0 Å². The molecule has 2 aliphatic heterocycles. The highest BCUT2D eigenvalue weighted by Crippen LogP contribution is 2.51. The van der Waals surface area contributed by atoms with Crippen LogP contribution in [0.25, 0.3) is 0 Å². The largest absolute Gasteiger partial charge is 0.493 e. The van der Waals surface area contributed by atoms with Crippen molar-refractivity contribution in [3.05, 3.63) is 77.9 Å². The molecule has 0 bridgehead atoms. The monoisotopic (exact) mass is 403 g/mol. The van der Waals surface area contributed by atoms with E-state index in [1.54, 1.807) is 14.2 Å². The topological polar surface area (TPSA) is 40.0 Å². The smallest absolute Gasteiger partial charge is 0.161 e. The SMILES string of the molecule is COc1ccc([C@@H]2Sc3ccccc3N=C3c4ccccc4OC[C@H]32)cc1OC. The van der Waals surface area contributed by atoms with Crippen molar-refractivity contribution in [2.24, 2.45) is 10.9 Å². The molecule has 0 saturated heterocycles. The first-order valence-corrected chi connectivity index (χ1v) is 10.4. The van der Waals surface area contributed by atoms with E-state index in [1.807, 2.05) is 42.1 Å². The van der Waals surface area contributed by atoms with E-state index in [-0.39, 0.29) is 11.2 Å². The quantitative estimate of drug-likeness (QED) is 0.564. The van der Waals surface area contributed by atoms with Crippen molar-refractivity contribution in [2.45, 2.75) is 10.1 Å². The van der Waals surface area contributed by atoms with Gasteiger partial charge in [-0.05, 0) is 42.0 Å². The van der Waals surface area contributed by atoms with Gasteiger partial charge in [0, 0.05) is 15.7 Å². The molecular weight excluding hydrogens is 382 g/mol. The van der Waals surface area contributed by atoms with Gasteiger partial charge in [-0.2, -0.15) is 0 Å². The number of aliphatic imine (C=N–C) groups is 1. The summed E-state index contributed by atoms with van der Waals surface area (Å²) in [6.45, 7) is 0.593. The van der Waals surface area contributed by atoms with Gasteiger partial charge < -0.3 is 14.2 Å². The van der Waals surface area contributed by atoms with Crippen LogP contribution in [-0.2, 0) is 0 Å². The minimum Gasteiger partial charge on any atom is -0.493 e. The van der Waals surface area contributed by atoms with Crippen molar-refractivity contribution in [1.29, 1.82) is 0 Å². The lowest BCUT2D eigenvalue weighted by atomic mass is 9.88. The van der Waals surface area contributed by atoms with Gasteiger partial charge in [-0.25, -0.2) is 0 Å². The average molecular weight is 404 g/mol. The average Bonchev–Trinajstić information content (AvgIpc) is 2.95. The van der Waals surface area contributed by atoms with Crippen molar-refractivity contribution in [3.8, 4) is 17.2 Å². The molecule has 2 aliphatic rings. The van der Waals surface area contributed by atoms with Crippen molar-refractivity contribution in [2.75, 3.05) is 20.8 Å². The molecule has 0 aromatic heterocycles. The normalized spacial score (nSPS) is 19.6. The van der Waals surface area contributed by atoms with Crippen LogP contribution in [0.4, 0.5) is 5.69 Å². The molecule has 0 N–H and O–H groups in total. The van der Waals surface area contributed by atoms with Gasteiger partial charge in [0.25, 0.3) is 0 Å². The van der Waals surface area contributed by atoms with E-state index in [1.165, 1.54) is 10.5 Å². The Morgan fingerprint density at radius 1 is 0.931 bits per heavy atom. The standard InChI is InChI=1S/C24H21NO3S/c1-26-20-12-11-15(13-21(20)27-2)24-17-14-28-19-9-5-3-7-16(19)23(17)25-18-8-4-6-10-22(18)29-24/h3-13,17,24H,14H2,1-2H3/t17-,24+/m1/s1. The van der Waals surface area contributed by atoms with E-state index < -0.39 is 0 Å². The summed E-state index contributed by atoms with van der Waals surface area (Å²) in [5.41, 5.74) is 4.35. The summed E-state index contributed by atoms with van der Waals surface area (Å²) in [4.78, 5) is 6.29. The molecule has 5 rings (SSSR count). The zero-order chi connectivity index (χ0) is 19.8. The highest BCUT2D eigenvalue weighted by atomic mass is 32.2. The number of rotatable bonds is 3. The lowest BCUT2D eigenvalue weighted by Crippen LogP contribution is -2.31. The number of benzene rings is 3. The first kappa shape index (κ1) is 18.1. The maximum absolute atomic E-state index is 6.15. The Labute approximate surface area is 174 Å². The van der Waals surface area contributed by atoms with Crippen LogP contribution in [0.5, 0.6) is 17.2 Å². The van der Waals surface area contributed by atoms with Crippen LogP contribution in [0.2, 0.25) is 0 Å². The summed E-state index contributed by atoms with van der Waals surface area (Å²) in [6.07, 6.45) is 0. The van der Waals surface area contributed by atoms with Crippen LogP contribution >= 0.6 is 11.8 Å². The molecule has 4 nitrogen and oxygen atoms in total. The van der Waals surface area contributed by atoms with E-state index in [0.717, 1.165) is 34.2 Å². The molecule has 0 fully saturated rings. The zero-order valence-electron chi connectivity index (χ0n) is 16.3. The van der Waals surface area contributed by atoms with Crippen LogP contribution < -0.4 is 14.2 Å². The highest BCUT2D eigenvalue weighted by Gasteiger charge is 2.37. The number of hydrogen-bond donors (Lipinski definition) is 0. The molecule has 0 saturated carbocycles. The molecule has 146 valence electrons. The number of fused-ring (bicyclic) bond motifs is 4. The minimum atomic E-state index is 0.125. The van der Waals surface area contributed by atoms with Crippen molar-refractivity contribution >= 4 is 23.2 Å². The first-order chi connectivity index (χ1) is 14.3. The van der Waals surface area contributed by atoms with Crippen LogP contribution in [-0.4, -0.2) is 26.5 Å². The van der Waals surface area contributed by atoms with Gasteiger partial charge in [0.2, 0.25) is 0 Å². The third-order valence-corrected chi connectivity index (χ3v) is 6.85. The Bertz CT molecular complexity index is 1090. The predicted molar refractivity (Wildman–Crippen MR) is 116 cm³/mol. The second-order valence-corrected chi connectivity index (χ2v) is 8.21. The lowest BCUT2D eigenvalue weighted by molar-refractivity contribution is 0.271. The number of methoxy groups -OCH3 is 2. The second-order valence-electron chi connectivity index (χ2n) is 7.03. The summed E-state index contributed by atoms with van der Waals surface area (Å²) in [5, 5.41) is 0.144. The molecule has 0 aliphatic carbocycles. The molecule has 0 spiro atoms. The van der Waals surface area contributed by atoms with E-state index in [2.05, 4.69) is 36.4 Å². The molecule has 3 aromatic rings. The van der Waals surface area contributed by atoms with Crippen LogP contribution in [0.1, 0.15) is 16.4 Å². The van der Waals surface area contributed by atoms with Crippen molar-refractivity contribution in [1.82, 2.24) is 0 Å². The Balaban J connectivity index is 1.67. The fourth-order valence-electron chi connectivity index (χ4n) is 3.96. The molecule has 0 amide bonds. The van der Waals surface area contributed by atoms with Gasteiger partial charge >= 0.3 is 0 Å². The third kappa shape index (κ3) is 3.15. The van der Waals surface area contributed by atoms with Gasteiger partial charge in [0.05, 0.1) is 38.1 Å². The third-order valence-electron chi connectivity index (χ3n) is 5.39. The lowest BCUT2D eigenvalue weighted by Gasteiger charge is -2.31. The molecule has 0 unspecified atom stereocenters. The van der Waals surface area contributed by atoms with E-state index >= 15 is 0 Å². The number of para-hydroxylation sites is 2. The Hall–Kier alpha value is -2.92. The van der Waals surface area contributed by atoms with Crippen LogP contribution in [0, 0.1) is 5.92 Å². The van der Waals surface area contributed by atoms with Crippen LogP contribution in [0.3, 0.4) is 0 Å². The van der Waals surface area contributed by atoms with Gasteiger partial charge in [0.15, 0.2) is 11.5 Å². The summed E-state index contributed by atoms with van der Waals surface area (Å²) >= 11 is 1.83. The molecule has 2 heterocycles. The Kier molecular flexibility index (Phi) is 4.68. The maximum atomic E-state index is 6.15. The summed E-state index contributed by atoms with van der Waals surface area (Å²) < 4.78 is 17.1. The van der Waals surface area contributed by atoms with Crippen LogP contribution in [0.15, 0.2) is 76.6 Å². The summed E-state index contributed by atoms with van der Waals surface area (Å²) in [5.74, 6) is 2.49. The van der Waals surface area contributed by atoms with E-state index in [0.29, 0.717) is 6.61 Å². The number of nitrogens with zero attached hydrogens (tertiary/aromatic N) is 1. The summed E-state index contributed by atoms with van der Waals surface area (Å²) in [6, 6.07) is 22.7. The second kappa shape index (κ2) is 7.48. The molecule has 5 heteroatoms. The zero-order valence-corrected chi connectivity index (χ0v) is 17.1. The molecule has 3 aromatic carbocycles. The Morgan fingerprint density at radius 2 is 1.72 bits per heavy atom. The minimum absolute atomic E-state index is 0.125. The van der Waals surface area contributed by atoms with Gasteiger partial charge in [-0.3, -0.25) is 4.99 Å². The molecule has 29 heavy (non-hydrogen) atoms. The van der Waals surface area contributed by atoms with Gasteiger partial charge in [-0.15, -0.1) is 11.8 Å². The molecule has 2 atom stereocenters. The number of hydrogen-bond acceptors (Lipinski definition) is 5. The Morgan fingerprint density at radius 3 is 2.59 bits per heavy atom. The van der Waals surface area contributed by atoms with Gasteiger partial charge in [-0.1, -0.05) is 30.3 Å². The predicted octanol–water partition coefficient (Wildman–Crippen LogP) is 5.68.